The number of rotatable bonds is 4. The largest absolute Gasteiger partial charge is 0.338 e. The Morgan fingerprint density at radius 3 is 2.75 bits per heavy atom. The van der Waals surface area contributed by atoms with Crippen molar-refractivity contribution >= 4 is 5.91 Å². The molecule has 3 unspecified atom stereocenters. The van der Waals surface area contributed by atoms with Crippen LogP contribution in [0.15, 0.2) is 0 Å². The van der Waals surface area contributed by atoms with E-state index in [2.05, 4.69) is 5.32 Å². The summed E-state index contributed by atoms with van der Waals surface area (Å²) in [5.74, 6) is 0.292. The lowest BCUT2D eigenvalue weighted by molar-refractivity contribution is -0.139. The number of hydrogen-bond acceptors (Lipinski definition) is 3. The summed E-state index contributed by atoms with van der Waals surface area (Å²) in [5, 5.41) is 3.05. The molecule has 3 N–H and O–H groups in total. The molecule has 0 radical (unpaired) electrons. The van der Waals surface area contributed by atoms with E-state index >= 15 is 0 Å². The van der Waals surface area contributed by atoms with Gasteiger partial charge in [-0.15, -0.1) is 0 Å². The molecule has 1 rings (SSSR count). The van der Waals surface area contributed by atoms with Crippen LogP contribution in [0.4, 0.5) is 0 Å². The van der Waals surface area contributed by atoms with E-state index in [1.54, 1.807) is 0 Å². The van der Waals surface area contributed by atoms with Gasteiger partial charge in [0.25, 0.3) is 0 Å². The van der Waals surface area contributed by atoms with Crippen molar-refractivity contribution in [1.82, 2.24) is 10.2 Å². The average molecular weight is 227 g/mol. The molecule has 1 aliphatic heterocycles. The van der Waals surface area contributed by atoms with Crippen molar-refractivity contribution in [3.05, 3.63) is 0 Å². The minimum Gasteiger partial charge on any atom is -0.338 e. The Morgan fingerprint density at radius 2 is 2.19 bits per heavy atom. The van der Waals surface area contributed by atoms with Crippen molar-refractivity contribution in [2.75, 3.05) is 20.1 Å². The van der Waals surface area contributed by atoms with Gasteiger partial charge in [0.15, 0.2) is 0 Å². The van der Waals surface area contributed by atoms with Gasteiger partial charge >= 0.3 is 0 Å². The number of nitrogens with zero attached hydrogens (tertiary/aromatic N) is 1. The molecule has 0 bridgehead atoms. The average Bonchev–Trinajstić information content (AvgIpc) is 2.28. The molecule has 4 heteroatoms. The summed E-state index contributed by atoms with van der Waals surface area (Å²) in [7, 11) is 1.88. The molecule has 0 aromatic heterocycles. The number of carbonyl (C=O) groups is 1. The van der Waals surface area contributed by atoms with Crippen molar-refractivity contribution in [2.24, 2.45) is 11.7 Å². The molecule has 16 heavy (non-hydrogen) atoms. The van der Waals surface area contributed by atoms with Crippen LogP contribution in [-0.2, 0) is 4.79 Å². The van der Waals surface area contributed by atoms with Crippen LogP contribution in [0.25, 0.3) is 0 Å². The van der Waals surface area contributed by atoms with Crippen molar-refractivity contribution < 1.29 is 4.79 Å². The monoisotopic (exact) mass is 227 g/mol. The van der Waals surface area contributed by atoms with Crippen molar-refractivity contribution in [3.8, 4) is 0 Å². The van der Waals surface area contributed by atoms with E-state index in [0.717, 1.165) is 25.9 Å². The Kier molecular flexibility index (Phi) is 5.22. The Labute approximate surface area is 98.6 Å². The Bertz CT molecular complexity index is 230. The first-order valence-electron chi connectivity index (χ1n) is 6.28. The maximum atomic E-state index is 12.2. The first-order chi connectivity index (χ1) is 7.57. The molecular weight excluding hydrogens is 202 g/mol. The van der Waals surface area contributed by atoms with E-state index in [4.69, 9.17) is 5.73 Å². The predicted molar refractivity (Wildman–Crippen MR) is 66.1 cm³/mol. The highest BCUT2D eigenvalue weighted by Crippen LogP contribution is 2.20. The lowest BCUT2D eigenvalue weighted by Crippen LogP contribution is -2.53. The number of hydrogen-bond donors (Lipinski definition) is 2. The van der Waals surface area contributed by atoms with Crippen molar-refractivity contribution in [3.63, 3.8) is 0 Å². The molecular formula is C12H25N3O. The lowest BCUT2D eigenvalue weighted by atomic mass is 9.95. The molecule has 0 aliphatic carbocycles. The molecule has 94 valence electrons. The van der Waals surface area contributed by atoms with Crippen LogP contribution >= 0.6 is 0 Å². The zero-order valence-corrected chi connectivity index (χ0v) is 10.7. The number of nitrogens with one attached hydrogen (secondary N) is 1. The Morgan fingerprint density at radius 1 is 1.50 bits per heavy atom. The van der Waals surface area contributed by atoms with Gasteiger partial charge in [0.05, 0.1) is 0 Å². The molecule has 0 aromatic carbocycles. The predicted octanol–water partition coefficient (Wildman–Crippen LogP) is 0.570. The fourth-order valence-electron chi connectivity index (χ4n) is 2.45. The molecule has 1 fully saturated rings. The molecule has 0 saturated carbocycles. The molecule has 4 nitrogen and oxygen atoms in total. The van der Waals surface area contributed by atoms with Crippen molar-refractivity contribution in [1.29, 1.82) is 0 Å². The van der Waals surface area contributed by atoms with Gasteiger partial charge in [-0.25, -0.2) is 0 Å². The van der Waals surface area contributed by atoms with E-state index in [1.807, 2.05) is 25.8 Å². The third-order valence-corrected chi connectivity index (χ3v) is 3.37. The van der Waals surface area contributed by atoms with Gasteiger partial charge in [0.2, 0.25) is 5.91 Å². The second kappa shape index (κ2) is 6.21. The van der Waals surface area contributed by atoms with Crippen molar-refractivity contribution in [2.45, 2.75) is 45.2 Å². The van der Waals surface area contributed by atoms with Gasteiger partial charge in [-0.2, -0.15) is 0 Å². The SMILES string of the molecule is CNCC(C)C(=O)N1CCCCC1C(C)N. The summed E-state index contributed by atoms with van der Waals surface area (Å²) in [6.45, 7) is 5.59. The van der Waals surface area contributed by atoms with Crippen LogP contribution in [0.1, 0.15) is 33.1 Å². The lowest BCUT2D eigenvalue weighted by Gasteiger charge is -2.39. The molecule has 1 aliphatic rings. The molecule has 1 heterocycles. The van der Waals surface area contributed by atoms with E-state index in [1.165, 1.54) is 6.42 Å². The zero-order chi connectivity index (χ0) is 12.1. The molecule has 3 atom stereocenters. The van der Waals surface area contributed by atoms with E-state index in [0.29, 0.717) is 0 Å². The Hall–Kier alpha value is -0.610. The zero-order valence-electron chi connectivity index (χ0n) is 10.7. The molecule has 1 amide bonds. The number of piperidine rings is 1. The summed E-state index contributed by atoms with van der Waals surface area (Å²) in [6.07, 6.45) is 3.35. The smallest absolute Gasteiger partial charge is 0.226 e. The summed E-state index contributed by atoms with van der Waals surface area (Å²) < 4.78 is 0. The van der Waals surface area contributed by atoms with Crippen LogP contribution in [0.3, 0.4) is 0 Å². The number of amides is 1. The molecule has 0 spiro atoms. The first-order valence-corrected chi connectivity index (χ1v) is 6.28. The molecule has 0 aromatic rings. The molecule has 1 saturated heterocycles. The first kappa shape index (κ1) is 13.5. The van der Waals surface area contributed by atoms with E-state index < -0.39 is 0 Å². The van der Waals surface area contributed by atoms with Gasteiger partial charge < -0.3 is 16.0 Å². The number of carbonyl (C=O) groups excluding carboxylic acids is 1. The fraction of sp³-hybridized carbons (Fsp3) is 0.917. The quantitative estimate of drug-likeness (QED) is 0.738. The van der Waals surface area contributed by atoms with Gasteiger partial charge in [0.1, 0.15) is 0 Å². The second-order valence-corrected chi connectivity index (χ2v) is 4.91. The van der Waals surface area contributed by atoms with Crippen LogP contribution < -0.4 is 11.1 Å². The highest BCUT2D eigenvalue weighted by Gasteiger charge is 2.31. The number of likely N-dealkylation sites (tertiary alicyclic amines) is 1. The summed E-state index contributed by atoms with van der Waals surface area (Å²) in [5.41, 5.74) is 5.96. The normalized spacial score (nSPS) is 25.2. The van der Waals surface area contributed by atoms with Crippen LogP contribution in [-0.4, -0.2) is 43.0 Å². The summed E-state index contributed by atoms with van der Waals surface area (Å²) in [4.78, 5) is 14.2. The maximum Gasteiger partial charge on any atom is 0.226 e. The highest BCUT2D eigenvalue weighted by atomic mass is 16.2. The second-order valence-electron chi connectivity index (χ2n) is 4.91. The van der Waals surface area contributed by atoms with Gasteiger partial charge in [-0.1, -0.05) is 6.92 Å². The Balaban J connectivity index is 2.63. The van der Waals surface area contributed by atoms with Gasteiger partial charge in [-0.3, -0.25) is 4.79 Å². The maximum absolute atomic E-state index is 12.2. The standard InChI is InChI=1S/C12H25N3O/c1-9(8-14-3)12(16)15-7-5-4-6-11(15)10(2)13/h9-11,14H,4-8,13H2,1-3H3. The minimum absolute atomic E-state index is 0.0457. The third kappa shape index (κ3) is 3.19. The van der Waals surface area contributed by atoms with E-state index in [-0.39, 0.29) is 23.9 Å². The summed E-state index contributed by atoms with van der Waals surface area (Å²) >= 11 is 0. The minimum atomic E-state index is 0.0457. The van der Waals surface area contributed by atoms with Gasteiger partial charge in [-0.05, 0) is 33.2 Å². The van der Waals surface area contributed by atoms with Crippen LogP contribution in [0, 0.1) is 5.92 Å². The third-order valence-electron chi connectivity index (χ3n) is 3.37. The number of nitrogens with two attached hydrogens (primary N) is 1. The fourth-order valence-corrected chi connectivity index (χ4v) is 2.45. The van der Waals surface area contributed by atoms with Crippen LogP contribution in [0.5, 0.6) is 0 Å². The highest BCUT2D eigenvalue weighted by molar-refractivity contribution is 5.79. The van der Waals surface area contributed by atoms with Crippen LogP contribution in [0.2, 0.25) is 0 Å². The van der Waals surface area contributed by atoms with Gasteiger partial charge in [0, 0.05) is 31.1 Å². The van der Waals surface area contributed by atoms with E-state index in [9.17, 15) is 4.79 Å². The topological polar surface area (TPSA) is 58.4 Å². The summed E-state index contributed by atoms with van der Waals surface area (Å²) in [6, 6.07) is 0.312.